The Morgan fingerprint density at radius 3 is 2.26 bits per heavy atom. The summed E-state index contributed by atoms with van der Waals surface area (Å²) >= 11 is 0. The number of hydrogen-bond donors (Lipinski definition) is 2. The van der Waals surface area contributed by atoms with Gasteiger partial charge < -0.3 is 18.9 Å². The molecule has 240 valence electrons. The zero-order chi connectivity index (χ0) is 31.4. The fourth-order valence-electron chi connectivity index (χ4n) is 12.4. The Morgan fingerprint density at radius 2 is 1.58 bits per heavy atom. The van der Waals surface area contributed by atoms with E-state index in [2.05, 4.69) is 54.5 Å². The lowest BCUT2D eigenvalue weighted by atomic mass is 9.36. The van der Waals surface area contributed by atoms with Gasteiger partial charge in [-0.15, -0.1) is 0 Å². The Balaban J connectivity index is 1.32. The molecule has 3 fully saturated rings. The van der Waals surface area contributed by atoms with Crippen LogP contribution < -0.4 is 4.18 Å². The van der Waals surface area contributed by atoms with Crippen molar-refractivity contribution in [3.8, 4) is 11.5 Å². The molecule has 0 unspecified atom stereocenters. The van der Waals surface area contributed by atoms with Crippen molar-refractivity contribution in [3.05, 3.63) is 34.9 Å². The lowest BCUT2D eigenvalue weighted by molar-refractivity contribution is -0.208. The first-order chi connectivity index (χ1) is 19.9. The van der Waals surface area contributed by atoms with Crippen LogP contribution in [-0.4, -0.2) is 29.3 Å². The van der Waals surface area contributed by atoms with Crippen LogP contribution in [0.3, 0.4) is 0 Å². The second-order valence-corrected chi connectivity index (χ2v) is 17.9. The van der Waals surface area contributed by atoms with Gasteiger partial charge in [0.2, 0.25) is 0 Å². The average molecular weight is 614 g/mol. The van der Waals surface area contributed by atoms with Gasteiger partial charge in [0.15, 0.2) is 0 Å². The summed E-state index contributed by atoms with van der Waals surface area (Å²) in [7, 11) is -4.94. The Labute approximate surface area is 259 Å². The quantitative estimate of drug-likeness (QED) is 0.199. The Bertz CT molecular complexity index is 1430. The van der Waals surface area contributed by atoms with Crippen LogP contribution in [0.1, 0.15) is 124 Å². The van der Waals surface area contributed by atoms with E-state index in [0.29, 0.717) is 29.7 Å². The molecule has 0 aromatic heterocycles. The first kappa shape index (κ1) is 31.4. The van der Waals surface area contributed by atoms with Gasteiger partial charge in [0.25, 0.3) is 10.4 Å². The van der Waals surface area contributed by atoms with Crippen LogP contribution >= 0.6 is 0 Å². The summed E-state index contributed by atoms with van der Waals surface area (Å²) in [4.78, 5) is 0. The van der Waals surface area contributed by atoms with Crippen molar-refractivity contribution in [3.63, 3.8) is 0 Å². The van der Waals surface area contributed by atoms with E-state index < -0.39 is 15.8 Å². The molecule has 6 nitrogen and oxygen atoms in total. The Kier molecular flexibility index (Phi) is 7.28. The Morgan fingerprint density at radius 1 is 0.930 bits per heavy atom. The van der Waals surface area contributed by atoms with Crippen molar-refractivity contribution < 1.29 is 27.4 Å². The molecular formula is C36H53O6S-. The first-order valence-corrected chi connectivity index (χ1v) is 18.1. The molecule has 0 aliphatic heterocycles. The minimum atomic E-state index is -4.94. The number of phenols is 1. The second kappa shape index (κ2) is 9.96. The van der Waals surface area contributed by atoms with Crippen LogP contribution in [0.5, 0.6) is 11.5 Å². The third-order valence-corrected chi connectivity index (χ3v) is 14.9. The molecule has 9 atom stereocenters. The molecule has 5 aliphatic carbocycles. The predicted octanol–water partition coefficient (Wildman–Crippen LogP) is 7.82. The van der Waals surface area contributed by atoms with Gasteiger partial charge in [0.05, 0.1) is 6.10 Å². The van der Waals surface area contributed by atoms with Gasteiger partial charge in [-0.05, 0) is 135 Å². The topological polar surface area (TPSA) is 107 Å². The molecule has 1 aromatic rings. The van der Waals surface area contributed by atoms with Gasteiger partial charge in [-0.3, -0.25) is 0 Å². The summed E-state index contributed by atoms with van der Waals surface area (Å²) in [6.07, 6.45) is 13.2. The van der Waals surface area contributed by atoms with Crippen molar-refractivity contribution in [2.75, 3.05) is 0 Å². The summed E-state index contributed by atoms with van der Waals surface area (Å²) in [6, 6.07) is 2.92. The zero-order valence-electron chi connectivity index (χ0n) is 27.3. The van der Waals surface area contributed by atoms with E-state index in [1.54, 1.807) is 0 Å². The normalized spacial score (nSPS) is 43.6. The third kappa shape index (κ3) is 4.64. The van der Waals surface area contributed by atoms with E-state index in [1.165, 1.54) is 24.1 Å². The van der Waals surface area contributed by atoms with E-state index in [0.717, 1.165) is 63.4 Å². The van der Waals surface area contributed by atoms with Crippen LogP contribution in [-0.2, 0) is 22.2 Å². The van der Waals surface area contributed by atoms with Crippen molar-refractivity contribution in [1.29, 1.82) is 0 Å². The van der Waals surface area contributed by atoms with E-state index in [1.807, 2.05) is 0 Å². The average Bonchev–Trinajstić information content (AvgIpc) is 3.22. The molecule has 5 aliphatic rings. The van der Waals surface area contributed by atoms with Crippen LogP contribution in [0.2, 0.25) is 0 Å². The maximum Gasteiger partial charge on any atom is 0.262 e. The van der Waals surface area contributed by atoms with Crippen molar-refractivity contribution in [2.45, 2.75) is 131 Å². The number of aliphatic hydroxyl groups is 1. The largest absolute Gasteiger partial charge is 0.716 e. The second-order valence-electron chi connectivity index (χ2n) is 16.9. The van der Waals surface area contributed by atoms with Crippen molar-refractivity contribution in [2.24, 2.45) is 45.3 Å². The van der Waals surface area contributed by atoms with Gasteiger partial charge in [-0.2, -0.15) is 0 Å². The highest BCUT2D eigenvalue weighted by Gasteiger charge is 2.67. The lowest BCUT2D eigenvalue weighted by Crippen LogP contribution is -2.63. The number of benzene rings is 1. The molecule has 0 radical (unpaired) electrons. The van der Waals surface area contributed by atoms with E-state index >= 15 is 0 Å². The van der Waals surface area contributed by atoms with Crippen molar-refractivity contribution >= 4 is 10.4 Å². The molecular weight excluding hydrogens is 560 g/mol. The molecule has 0 bridgehead atoms. The Hall–Kier alpha value is -1.57. The van der Waals surface area contributed by atoms with Gasteiger partial charge in [0.1, 0.15) is 11.5 Å². The minimum Gasteiger partial charge on any atom is -0.716 e. The highest BCUT2D eigenvalue weighted by molar-refractivity contribution is 7.81. The summed E-state index contributed by atoms with van der Waals surface area (Å²) < 4.78 is 40.0. The van der Waals surface area contributed by atoms with Gasteiger partial charge in [-0.1, -0.05) is 53.2 Å². The standard InChI is InChI=1S/C36H54O6S/c1-22-9-8-16-32(2,3)24(22)12-17-35(6)28-13-18-34(5)27(33(28,4)20-15-30(35)38)14-19-36(7)29(34)21-23-25(37)10-11-26(31(23)36)42-43(39,40)41/h9-11,24,27-30,37-38H,8,12-21H2,1-7H3,(H,39,40,41)/p-1/t24-,27-,28-,29+,30+,33-,34-,35+,36+/m1/s1. The van der Waals surface area contributed by atoms with Crippen LogP contribution in [0, 0.1) is 45.3 Å². The highest BCUT2D eigenvalue weighted by Crippen LogP contribution is 2.74. The SMILES string of the molecule is CC1=CCCC(C)(C)[C@@H]1CC[C@@]1(C)[C@@H]2CC[C@]3(C)[C@H](CC[C@]4(C)c5c(OS(=O)(=O)[O-])ccc(O)c5C[C@@H]34)[C@@]2(C)CC[C@@H]1O. The summed E-state index contributed by atoms with van der Waals surface area (Å²) in [5.74, 6) is 1.89. The molecule has 3 saturated carbocycles. The molecule has 0 saturated heterocycles. The molecule has 1 aromatic carbocycles. The minimum absolute atomic E-state index is 0.0226. The first-order valence-electron chi connectivity index (χ1n) is 16.7. The van der Waals surface area contributed by atoms with E-state index in [4.69, 9.17) is 4.18 Å². The number of fused-ring (bicyclic) bond motifs is 7. The van der Waals surface area contributed by atoms with Gasteiger partial charge >= 0.3 is 0 Å². The van der Waals surface area contributed by atoms with Gasteiger partial charge in [-0.25, -0.2) is 8.42 Å². The number of hydrogen-bond acceptors (Lipinski definition) is 6. The van der Waals surface area contributed by atoms with Crippen LogP contribution in [0.4, 0.5) is 0 Å². The van der Waals surface area contributed by atoms with Gasteiger partial charge in [0, 0.05) is 16.5 Å². The fourth-order valence-corrected chi connectivity index (χ4v) is 12.8. The highest BCUT2D eigenvalue weighted by atomic mass is 32.3. The number of rotatable bonds is 5. The number of aliphatic hydroxyl groups excluding tert-OH is 1. The maximum atomic E-state index is 11.7. The number of phenolic OH excluding ortho intramolecular Hbond substituents is 1. The maximum absolute atomic E-state index is 11.7. The lowest BCUT2D eigenvalue weighted by Gasteiger charge is -2.68. The molecule has 6 rings (SSSR count). The van der Waals surface area contributed by atoms with E-state index in [9.17, 15) is 23.2 Å². The van der Waals surface area contributed by atoms with Crippen molar-refractivity contribution in [1.82, 2.24) is 0 Å². The molecule has 2 N–H and O–H groups in total. The number of allylic oxidation sites excluding steroid dienone is 2. The molecule has 0 heterocycles. The smallest absolute Gasteiger partial charge is 0.262 e. The van der Waals surface area contributed by atoms with Crippen LogP contribution in [0.25, 0.3) is 0 Å². The summed E-state index contributed by atoms with van der Waals surface area (Å²) in [5.41, 5.74) is 2.80. The summed E-state index contributed by atoms with van der Waals surface area (Å²) in [6.45, 7) is 16.7. The summed E-state index contributed by atoms with van der Waals surface area (Å²) in [5, 5.41) is 22.6. The molecule has 0 spiro atoms. The molecule has 43 heavy (non-hydrogen) atoms. The van der Waals surface area contributed by atoms with E-state index in [-0.39, 0.29) is 45.2 Å². The number of aromatic hydroxyl groups is 1. The zero-order valence-corrected chi connectivity index (χ0v) is 28.1. The monoisotopic (exact) mass is 613 g/mol. The fraction of sp³-hybridized carbons (Fsp3) is 0.778. The molecule has 7 heteroatoms. The third-order valence-electron chi connectivity index (χ3n) is 14.5. The molecule has 0 amide bonds. The predicted molar refractivity (Wildman–Crippen MR) is 167 cm³/mol. The van der Waals surface area contributed by atoms with Crippen LogP contribution in [0.15, 0.2) is 23.8 Å².